The Bertz CT molecular complexity index is 1120. The molecule has 1 saturated carbocycles. The van der Waals surface area contributed by atoms with E-state index < -0.39 is 34.5 Å². The Morgan fingerprint density at radius 3 is 2.19 bits per heavy atom. The number of halogens is 1. The fraction of sp³-hybridized carbons (Fsp3) is 0.462. The minimum Gasteiger partial charge on any atom is -0.352 e. The molecule has 0 saturated heterocycles. The molecule has 2 aromatic carbocycles. The van der Waals surface area contributed by atoms with E-state index in [4.69, 9.17) is 0 Å². The van der Waals surface area contributed by atoms with Gasteiger partial charge in [-0.1, -0.05) is 49.6 Å². The SMILES string of the molecule is C[C@@H](C(=O)NC1CCCCC1)N(Cc1ccccc1)C(=O)CN(c1ccc(F)cc1)S(=O)(=O)N(C)C. The second-order valence-corrected chi connectivity index (χ2v) is 11.4. The van der Waals surface area contributed by atoms with Crippen molar-refractivity contribution in [3.63, 3.8) is 0 Å². The van der Waals surface area contributed by atoms with Crippen molar-refractivity contribution >= 4 is 27.7 Å². The largest absolute Gasteiger partial charge is 0.352 e. The molecule has 0 aromatic heterocycles. The van der Waals surface area contributed by atoms with Gasteiger partial charge in [-0.15, -0.1) is 0 Å². The Kier molecular flexibility index (Phi) is 9.44. The Morgan fingerprint density at radius 2 is 1.61 bits per heavy atom. The number of rotatable bonds is 10. The zero-order valence-electron chi connectivity index (χ0n) is 21.1. The highest BCUT2D eigenvalue weighted by molar-refractivity contribution is 7.90. The van der Waals surface area contributed by atoms with E-state index in [1.54, 1.807) is 6.92 Å². The van der Waals surface area contributed by atoms with Gasteiger partial charge in [0.1, 0.15) is 18.4 Å². The lowest BCUT2D eigenvalue weighted by atomic mass is 9.95. The van der Waals surface area contributed by atoms with Gasteiger partial charge in [-0.25, -0.2) is 8.70 Å². The molecule has 196 valence electrons. The molecule has 1 aliphatic rings. The minimum absolute atomic E-state index is 0.0761. The zero-order chi connectivity index (χ0) is 26.3. The molecular weight excluding hydrogens is 483 g/mol. The first-order valence-electron chi connectivity index (χ1n) is 12.2. The van der Waals surface area contributed by atoms with Crippen molar-refractivity contribution in [2.24, 2.45) is 0 Å². The maximum atomic E-state index is 13.7. The van der Waals surface area contributed by atoms with Gasteiger partial charge in [0.15, 0.2) is 0 Å². The van der Waals surface area contributed by atoms with Gasteiger partial charge in [0, 0.05) is 26.7 Å². The van der Waals surface area contributed by atoms with Gasteiger partial charge in [-0.05, 0) is 49.6 Å². The van der Waals surface area contributed by atoms with Crippen LogP contribution in [0.5, 0.6) is 0 Å². The summed E-state index contributed by atoms with van der Waals surface area (Å²) in [5, 5.41) is 3.06. The molecule has 0 heterocycles. The molecule has 0 bridgehead atoms. The molecule has 1 atom stereocenters. The van der Waals surface area contributed by atoms with E-state index in [0.29, 0.717) is 0 Å². The van der Waals surface area contributed by atoms with E-state index in [2.05, 4.69) is 5.32 Å². The number of carbonyl (C=O) groups is 2. The maximum Gasteiger partial charge on any atom is 0.304 e. The van der Waals surface area contributed by atoms with Crippen molar-refractivity contribution in [3.8, 4) is 0 Å². The first-order valence-corrected chi connectivity index (χ1v) is 13.6. The van der Waals surface area contributed by atoms with Gasteiger partial charge in [0.2, 0.25) is 11.8 Å². The number of benzene rings is 2. The van der Waals surface area contributed by atoms with Crippen LogP contribution in [-0.4, -0.2) is 62.2 Å². The summed E-state index contributed by atoms with van der Waals surface area (Å²) < 4.78 is 41.7. The highest BCUT2D eigenvalue weighted by Gasteiger charge is 2.33. The molecule has 10 heteroatoms. The molecule has 8 nitrogen and oxygen atoms in total. The fourth-order valence-corrected chi connectivity index (χ4v) is 5.31. The molecule has 1 aliphatic carbocycles. The lowest BCUT2D eigenvalue weighted by Gasteiger charge is -2.33. The van der Waals surface area contributed by atoms with Gasteiger partial charge in [0.05, 0.1) is 5.69 Å². The molecule has 0 aliphatic heterocycles. The van der Waals surface area contributed by atoms with Crippen molar-refractivity contribution in [3.05, 3.63) is 66.0 Å². The predicted molar refractivity (Wildman–Crippen MR) is 138 cm³/mol. The maximum absolute atomic E-state index is 13.7. The summed E-state index contributed by atoms with van der Waals surface area (Å²) in [4.78, 5) is 28.2. The smallest absolute Gasteiger partial charge is 0.304 e. The Balaban J connectivity index is 1.89. The predicted octanol–water partition coefficient (Wildman–Crippen LogP) is 3.30. The van der Waals surface area contributed by atoms with Crippen LogP contribution in [0.2, 0.25) is 0 Å². The quantitative estimate of drug-likeness (QED) is 0.523. The summed E-state index contributed by atoms with van der Waals surface area (Å²) in [6, 6.07) is 13.4. The number of nitrogens with zero attached hydrogens (tertiary/aromatic N) is 3. The number of carbonyl (C=O) groups excluding carboxylic acids is 2. The topological polar surface area (TPSA) is 90.0 Å². The van der Waals surface area contributed by atoms with Crippen LogP contribution in [0.4, 0.5) is 10.1 Å². The lowest BCUT2D eigenvalue weighted by molar-refractivity contribution is -0.139. The number of nitrogens with one attached hydrogen (secondary N) is 1. The third kappa shape index (κ3) is 7.04. The Morgan fingerprint density at radius 1 is 1.00 bits per heavy atom. The van der Waals surface area contributed by atoms with E-state index in [1.165, 1.54) is 31.1 Å². The zero-order valence-corrected chi connectivity index (χ0v) is 21.9. The highest BCUT2D eigenvalue weighted by Crippen LogP contribution is 2.22. The third-order valence-corrected chi connectivity index (χ3v) is 8.27. The second kappa shape index (κ2) is 12.3. The molecule has 2 amide bonds. The van der Waals surface area contributed by atoms with Crippen LogP contribution in [0.25, 0.3) is 0 Å². The Labute approximate surface area is 213 Å². The Hall–Kier alpha value is -2.98. The van der Waals surface area contributed by atoms with E-state index in [9.17, 15) is 22.4 Å². The number of hydrogen-bond donors (Lipinski definition) is 1. The summed E-state index contributed by atoms with van der Waals surface area (Å²) in [6.45, 7) is 1.25. The molecule has 2 aromatic rings. The van der Waals surface area contributed by atoms with Crippen LogP contribution in [0.3, 0.4) is 0 Å². The first-order chi connectivity index (χ1) is 17.1. The van der Waals surface area contributed by atoms with E-state index >= 15 is 0 Å². The van der Waals surface area contributed by atoms with Crippen LogP contribution in [0.15, 0.2) is 54.6 Å². The monoisotopic (exact) mass is 518 g/mol. The number of anilines is 1. The number of amides is 2. The van der Waals surface area contributed by atoms with Crippen LogP contribution >= 0.6 is 0 Å². The van der Waals surface area contributed by atoms with E-state index in [1.807, 2.05) is 30.3 Å². The van der Waals surface area contributed by atoms with E-state index in [-0.39, 0.29) is 24.2 Å². The van der Waals surface area contributed by atoms with Gasteiger partial charge in [0.25, 0.3) is 0 Å². The summed E-state index contributed by atoms with van der Waals surface area (Å²) >= 11 is 0. The number of hydrogen-bond acceptors (Lipinski definition) is 4. The fourth-order valence-electron chi connectivity index (χ4n) is 4.26. The van der Waals surface area contributed by atoms with Crippen LogP contribution in [0, 0.1) is 5.82 Å². The second-order valence-electron chi connectivity index (χ2n) is 9.30. The van der Waals surface area contributed by atoms with Crippen LogP contribution < -0.4 is 9.62 Å². The molecule has 0 radical (unpaired) electrons. The molecule has 0 unspecified atom stereocenters. The van der Waals surface area contributed by atoms with Gasteiger partial charge >= 0.3 is 10.2 Å². The van der Waals surface area contributed by atoms with Gasteiger partial charge in [-0.2, -0.15) is 12.7 Å². The molecule has 1 fully saturated rings. The average molecular weight is 519 g/mol. The molecule has 36 heavy (non-hydrogen) atoms. The van der Waals surface area contributed by atoms with Crippen LogP contribution in [-0.2, 0) is 26.3 Å². The van der Waals surface area contributed by atoms with Crippen LogP contribution in [0.1, 0.15) is 44.6 Å². The van der Waals surface area contributed by atoms with Crippen molar-refractivity contribution in [2.45, 2.75) is 57.7 Å². The highest BCUT2D eigenvalue weighted by atomic mass is 32.2. The summed E-state index contributed by atoms with van der Waals surface area (Å²) in [6.07, 6.45) is 5.08. The third-order valence-electron chi connectivity index (χ3n) is 6.45. The lowest BCUT2D eigenvalue weighted by Crippen LogP contribution is -2.53. The van der Waals surface area contributed by atoms with Gasteiger partial charge < -0.3 is 10.2 Å². The van der Waals surface area contributed by atoms with Gasteiger partial charge in [-0.3, -0.25) is 9.59 Å². The molecular formula is C26H35FN4O4S. The molecule has 3 rings (SSSR count). The average Bonchev–Trinajstić information content (AvgIpc) is 2.87. The van der Waals surface area contributed by atoms with Crippen molar-refractivity contribution in [2.75, 3.05) is 24.9 Å². The first kappa shape index (κ1) is 27.6. The van der Waals surface area contributed by atoms with Crippen molar-refractivity contribution in [1.29, 1.82) is 0 Å². The minimum atomic E-state index is -4.08. The van der Waals surface area contributed by atoms with E-state index in [0.717, 1.165) is 58.4 Å². The van der Waals surface area contributed by atoms with Crippen molar-refractivity contribution in [1.82, 2.24) is 14.5 Å². The summed E-state index contributed by atoms with van der Waals surface area (Å²) in [5.41, 5.74) is 0.962. The standard InChI is InChI=1S/C26H35FN4O4S/c1-20(26(33)28-23-12-8-5-9-13-23)30(18-21-10-6-4-7-11-21)25(32)19-31(36(34,35)29(2)3)24-16-14-22(27)15-17-24/h4,6-7,10-11,14-17,20,23H,5,8-9,12-13,18-19H2,1-3H3,(H,28,33)/t20-/m0/s1. The normalized spacial score (nSPS) is 15.4. The molecule has 0 spiro atoms. The summed E-state index contributed by atoms with van der Waals surface area (Å²) in [7, 11) is -1.36. The van der Waals surface area contributed by atoms with Crippen molar-refractivity contribution < 1.29 is 22.4 Å². The molecule has 1 N–H and O–H groups in total. The summed E-state index contributed by atoms with van der Waals surface area (Å²) in [5.74, 6) is -1.33.